The van der Waals surface area contributed by atoms with Crippen molar-refractivity contribution < 1.29 is 27.5 Å². The number of carbonyl (C=O) groups excluding carboxylic acids is 2. The van der Waals surface area contributed by atoms with Crippen molar-refractivity contribution in [1.29, 1.82) is 0 Å². The number of nitrogens with zero attached hydrogens (tertiary/aromatic N) is 3. The Kier molecular flexibility index (Phi) is 6.53. The van der Waals surface area contributed by atoms with Crippen LogP contribution in [-0.4, -0.2) is 65.6 Å². The molecule has 1 saturated heterocycles. The first-order valence-corrected chi connectivity index (χ1v) is 9.66. The molecule has 29 heavy (non-hydrogen) atoms. The number of rotatable bonds is 5. The molecule has 0 saturated carbocycles. The minimum Gasteiger partial charge on any atom is -0.467 e. The number of aromatic nitrogens is 1. The molecule has 0 aliphatic carbocycles. The minimum absolute atomic E-state index is 0.0332. The molecule has 1 aliphatic rings. The SMILES string of the molecule is O=C(/C=C/c1cccs1)N1CCN(C(=O)c2cccnc2OCC(F)(F)F)CC1. The molecule has 3 rings (SSSR count). The van der Waals surface area contributed by atoms with Gasteiger partial charge >= 0.3 is 6.18 Å². The number of amides is 2. The molecular weight excluding hydrogens is 407 g/mol. The Balaban J connectivity index is 1.58. The van der Waals surface area contributed by atoms with E-state index in [1.807, 2.05) is 17.5 Å². The van der Waals surface area contributed by atoms with E-state index in [1.165, 1.54) is 40.6 Å². The van der Waals surface area contributed by atoms with Gasteiger partial charge in [-0.05, 0) is 29.7 Å². The molecule has 0 unspecified atom stereocenters. The number of piperazine rings is 1. The van der Waals surface area contributed by atoms with E-state index in [0.717, 1.165) is 4.88 Å². The average molecular weight is 425 g/mol. The monoisotopic (exact) mass is 425 g/mol. The molecule has 2 aromatic heterocycles. The van der Waals surface area contributed by atoms with Crippen molar-refractivity contribution >= 4 is 29.2 Å². The molecule has 1 aliphatic heterocycles. The highest BCUT2D eigenvalue weighted by Crippen LogP contribution is 2.22. The molecule has 0 atom stereocenters. The van der Waals surface area contributed by atoms with Crippen LogP contribution in [0.3, 0.4) is 0 Å². The molecule has 0 N–H and O–H groups in total. The second-order valence-corrected chi connectivity index (χ2v) is 7.21. The number of thiophene rings is 1. The highest BCUT2D eigenvalue weighted by molar-refractivity contribution is 7.10. The summed E-state index contributed by atoms with van der Waals surface area (Å²) in [5.74, 6) is -0.982. The fourth-order valence-corrected chi connectivity index (χ4v) is 3.38. The Bertz CT molecular complexity index is 876. The van der Waals surface area contributed by atoms with Gasteiger partial charge in [0.05, 0.1) is 0 Å². The summed E-state index contributed by atoms with van der Waals surface area (Å²) in [7, 11) is 0. The minimum atomic E-state index is -4.53. The number of pyridine rings is 1. The van der Waals surface area contributed by atoms with E-state index in [-0.39, 0.29) is 30.4 Å². The number of hydrogen-bond acceptors (Lipinski definition) is 5. The summed E-state index contributed by atoms with van der Waals surface area (Å²) in [4.78, 5) is 32.8. The fourth-order valence-electron chi connectivity index (χ4n) is 2.76. The number of ether oxygens (including phenoxy) is 1. The third-order valence-corrected chi connectivity index (χ3v) is 5.02. The molecule has 0 spiro atoms. The van der Waals surface area contributed by atoms with Crippen LogP contribution in [0, 0.1) is 0 Å². The van der Waals surface area contributed by atoms with Crippen LogP contribution in [0.2, 0.25) is 0 Å². The van der Waals surface area contributed by atoms with Crippen LogP contribution in [0.4, 0.5) is 13.2 Å². The second-order valence-electron chi connectivity index (χ2n) is 6.23. The quantitative estimate of drug-likeness (QED) is 0.691. The zero-order valence-corrected chi connectivity index (χ0v) is 16.1. The number of alkyl halides is 3. The number of halogens is 3. The number of carbonyl (C=O) groups is 2. The molecule has 2 amide bonds. The van der Waals surface area contributed by atoms with Crippen molar-refractivity contribution in [3.05, 3.63) is 52.4 Å². The van der Waals surface area contributed by atoms with Crippen molar-refractivity contribution in [2.24, 2.45) is 0 Å². The second kappa shape index (κ2) is 9.08. The summed E-state index contributed by atoms with van der Waals surface area (Å²) in [5.41, 5.74) is -0.0332. The van der Waals surface area contributed by atoms with Crippen molar-refractivity contribution in [3.8, 4) is 5.88 Å². The lowest BCUT2D eigenvalue weighted by Gasteiger charge is -2.34. The van der Waals surface area contributed by atoms with Gasteiger partial charge in [-0.25, -0.2) is 4.98 Å². The lowest BCUT2D eigenvalue weighted by atomic mass is 10.2. The van der Waals surface area contributed by atoms with E-state index < -0.39 is 18.7 Å². The van der Waals surface area contributed by atoms with E-state index in [2.05, 4.69) is 9.72 Å². The standard InChI is InChI=1S/C19H18F3N3O3S/c20-19(21,22)13-28-17-15(4-1-7-23-17)18(27)25-10-8-24(9-11-25)16(26)6-5-14-3-2-12-29-14/h1-7,12H,8-11,13H2/b6-5+. The summed E-state index contributed by atoms with van der Waals surface area (Å²) in [6, 6.07) is 6.63. The van der Waals surface area contributed by atoms with Gasteiger partial charge < -0.3 is 14.5 Å². The van der Waals surface area contributed by atoms with Crippen molar-refractivity contribution in [2.45, 2.75) is 6.18 Å². The summed E-state index contributed by atoms with van der Waals surface area (Å²) in [6.45, 7) is -0.324. The van der Waals surface area contributed by atoms with Crippen molar-refractivity contribution in [2.75, 3.05) is 32.8 Å². The third-order valence-electron chi connectivity index (χ3n) is 4.19. The van der Waals surface area contributed by atoms with Gasteiger partial charge in [0.2, 0.25) is 11.8 Å². The molecule has 3 heterocycles. The van der Waals surface area contributed by atoms with Gasteiger partial charge in [0.1, 0.15) is 5.56 Å². The molecule has 0 radical (unpaired) electrons. The Morgan fingerprint density at radius 2 is 1.86 bits per heavy atom. The van der Waals surface area contributed by atoms with Crippen molar-refractivity contribution in [3.63, 3.8) is 0 Å². The van der Waals surface area contributed by atoms with Crippen LogP contribution in [-0.2, 0) is 4.79 Å². The van der Waals surface area contributed by atoms with E-state index in [4.69, 9.17) is 0 Å². The van der Waals surface area contributed by atoms with Crippen LogP contribution in [0.15, 0.2) is 41.9 Å². The summed E-state index contributed by atoms with van der Waals surface area (Å²) < 4.78 is 41.9. The molecule has 154 valence electrons. The Morgan fingerprint density at radius 1 is 1.14 bits per heavy atom. The lowest BCUT2D eigenvalue weighted by Crippen LogP contribution is -2.50. The first kappa shape index (κ1) is 20.8. The molecule has 1 fully saturated rings. The first-order chi connectivity index (χ1) is 13.8. The highest BCUT2D eigenvalue weighted by Gasteiger charge is 2.31. The molecular formula is C19H18F3N3O3S. The van der Waals surface area contributed by atoms with Crippen LogP contribution < -0.4 is 4.74 Å². The van der Waals surface area contributed by atoms with Crippen LogP contribution in [0.1, 0.15) is 15.2 Å². The van der Waals surface area contributed by atoms with Gasteiger partial charge in [0.15, 0.2) is 6.61 Å². The van der Waals surface area contributed by atoms with Crippen molar-refractivity contribution in [1.82, 2.24) is 14.8 Å². The maximum absolute atomic E-state index is 12.7. The lowest BCUT2D eigenvalue weighted by molar-refractivity contribution is -0.154. The Hall–Kier alpha value is -2.88. The topological polar surface area (TPSA) is 62.7 Å². The van der Waals surface area contributed by atoms with Gasteiger partial charge in [-0.1, -0.05) is 6.07 Å². The maximum atomic E-state index is 12.7. The zero-order chi connectivity index (χ0) is 20.9. The fraction of sp³-hybridized carbons (Fsp3) is 0.316. The molecule has 0 bridgehead atoms. The predicted molar refractivity (Wildman–Crippen MR) is 102 cm³/mol. The van der Waals surface area contributed by atoms with Gasteiger partial charge in [-0.15, -0.1) is 11.3 Å². The normalized spacial score (nSPS) is 15.0. The zero-order valence-electron chi connectivity index (χ0n) is 15.3. The van der Waals surface area contributed by atoms with E-state index in [9.17, 15) is 22.8 Å². The molecule has 6 nitrogen and oxygen atoms in total. The Morgan fingerprint density at radius 3 is 2.52 bits per heavy atom. The summed E-state index contributed by atoms with van der Waals surface area (Å²) in [5, 5.41) is 1.92. The van der Waals surface area contributed by atoms with Gasteiger partial charge in [-0.3, -0.25) is 9.59 Å². The molecule has 2 aromatic rings. The third kappa shape index (κ3) is 5.80. The van der Waals surface area contributed by atoms with Gasteiger partial charge in [-0.2, -0.15) is 13.2 Å². The smallest absolute Gasteiger partial charge is 0.422 e. The van der Waals surface area contributed by atoms with Gasteiger partial charge in [0, 0.05) is 43.3 Å². The van der Waals surface area contributed by atoms with Gasteiger partial charge in [0.25, 0.3) is 5.91 Å². The number of hydrogen-bond donors (Lipinski definition) is 0. The molecule has 0 aromatic carbocycles. The first-order valence-electron chi connectivity index (χ1n) is 8.78. The maximum Gasteiger partial charge on any atom is 0.422 e. The van der Waals surface area contributed by atoms with Crippen LogP contribution in [0.5, 0.6) is 5.88 Å². The van der Waals surface area contributed by atoms with E-state index in [1.54, 1.807) is 11.0 Å². The van der Waals surface area contributed by atoms with Crippen LogP contribution >= 0.6 is 11.3 Å². The largest absolute Gasteiger partial charge is 0.467 e. The molecule has 10 heteroatoms. The average Bonchev–Trinajstić information content (AvgIpc) is 3.23. The van der Waals surface area contributed by atoms with E-state index >= 15 is 0 Å². The van der Waals surface area contributed by atoms with Crippen LogP contribution in [0.25, 0.3) is 6.08 Å². The Labute approximate surface area is 169 Å². The predicted octanol–water partition coefficient (Wildman–Crippen LogP) is 3.08. The summed E-state index contributed by atoms with van der Waals surface area (Å²) in [6.07, 6.45) is -0.0303. The summed E-state index contributed by atoms with van der Waals surface area (Å²) >= 11 is 1.52. The highest BCUT2D eigenvalue weighted by atomic mass is 32.1. The van der Waals surface area contributed by atoms with E-state index in [0.29, 0.717) is 13.1 Å².